The highest BCUT2D eigenvalue weighted by Crippen LogP contribution is 2.15. The van der Waals surface area contributed by atoms with Crippen molar-refractivity contribution < 1.29 is 19.1 Å². The molecule has 1 amide bonds. The monoisotopic (exact) mass is 261 g/mol. The summed E-state index contributed by atoms with van der Waals surface area (Å²) in [5.74, 6) is -1.80. The molecule has 5 heteroatoms. The second-order valence-corrected chi connectivity index (χ2v) is 4.48. The molecule has 0 spiro atoms. The highest BCUT2D eigenvalue weighted by atomic mass is 16.5. The van der Waals surface area contributed by atoms with Crippen molar-refractivity contribution in [2.24, 2.45) is 5.92 Å². The van der Waals surface area contributed by atoms with Gasteiger partial charge in [0.15, 0.2) is 5.78 Å². The molecule has 0 saturated carbocycles. The molecule has 1 aromatic rings. The zero-order valence-corrected chi connectivity index (χ0v) is 10.7. The summed E-state index contributed by atoms with van der Waals surface area (Å²) >= 11 is 0. The summed E-state index contributed by atoms with van der Waals surface area (Å²) in [6.45, 7) is 0.114. The first-order valence-corrected chi connectivity index (χ1v) is 6.04. The molecule has 1 aliphatic rings. The van der Waals surface area contributed by atoms with Gasteiger partial charge in [-0.15, -0.1) is 0 Å². The van der Waals surface area contributed by atoms with E-state index in [1.54, 1.807) is 0 Å². The van der Waals surface area contributed by atoms with Crippen molar-refractivity contribution >= 4 is 17.7 Å². The summed E-state index contributed by atoms with van der Waals surface area (Å²) < 4.78 is 4.55. The number of ether oxygens (including phenoxy) is 1. The predicted molar refractivity (Wildman–Crippen MR) is 67.2 cm³/mol. The molecule has 1 heterocycles. The van der Waals surface area contributed by atoms with E-state index < -0.39 is 11.9 Å². The summed E-state index contributed by atoms with van der Waals surface area (Å²) in [5.41, 5.74) is 0.890. The average Bonchev–Trinajstić information content (AvgIpc) is 2.81. The van der Waals surface area contributed by atoms with Crippen molar-refractivity contribution in [3.63, 3.8) is 0 Å². The predicted octanol–water partition coefficient (Wildman–Crippen LogP) is 0.430. The van der Waals surface area contributed by atoms with E-state index in [1.165, 1.54) is 12.0 Å². The molecule has 1 fully saturated rings. The van der Waals surface area contributed by atoms with Gasteiger partial charge in [0, 0.05) is 6.54 Å². The molecule has 100 valence electrons. The Morgan fingerprint density at radius 2 is 2.00 bits per heavy atom. The summed E-state index contributed by atoms with van der Waals surface area (Å²) in [6, 6.07) is 9.30. The number of hydrogen-bond donors (Lipinski definition) is 0. The third-order valence-corrected chi connectivity index (χ3v) is 3.17. The molecular formula is C14H15NO4. The van der Waals surface area contributed by atoms with Gasteiger partial charge in [-0.2, -0.15) is 0 Å². The number of amides is 1. The van der Waals surface area contributed by atoms with Gasteiger partial charge in [0.05, 0.1) is 20.1 Å². The molecule has 0 radical (unpaired) electrons. The molecule has 1 saturated heterocycles. The first kappa shape index (κ1) is 13.3. The fraction of sp³-hybridized carbons (Fsp3) is 0.357. The fourth-order valence-corrected chi connectivity index (χ4v) is 2.11. The number of Topliss-reactive ketones (excluding diaryl/α,β-unsaturated/α-hetero) is 1. The number of rotatable bonds is 3. The Labute approximate surface area is 111 Å². The number of nitrogens with zero attached hydrogens (tertiary/aromatic N) is 1. The van der Waals surface area contributed by atoms with Crippen LogP contribution in [0.25, 0.3) is 0 Å². The van der Waals surface area contributed by atoms with Crippen molar-refractivity contribution in [3.05, 3.63) is 35.9 Å². The van der Waals surface area contributed by atoms with Gasteiger partial charge < -0.3 is 9.64 Å². The quantitative estimate of drug-likeness (QED) is 0.584. The number of methoxy groups -OCH3 is 1. The van der Waals surface area contributed by atoms with Crippen molar-refractivity contribution in [2.45, 2.75) is 6.42 Å². The maximum absolute atomic E-state index is 12.0. The summed E-state index contributed by atoms with van der Waals surface area (Å²) in [4.78, 5) is 36.5. The van der Waals surface area contributed by atoms with E-state index in [-0.39, 0.29) is 31.2 Å². The maximum Gasteiger partial charge on any atom is 0.318 e. The van der Waals surface area contributed by atoms with Crippen LogP contribution in [0.3, 0.4) is 0 Å². The average molecular weight is 261 g/mol. The highest BCUT2D eigenvalue weighted by molar-refractivity contribution is 6.04. The summed E-state index contributed by atoms with van der Waals surface area (Å²) in [6.07, 6.45) is 0.238. The van der Waals surface area contributed by atoms with E-state index in [9.17, 15) is 14.4 Å². The zero-order chi connectivity index (χ0) is 13.8. The standard InChI is InChI=1S/C14H15NO4/c1-19-14(18)11-8-15(9-12(11)16)13(17)7-10-5-3-2-4-6-10/h2-6,11H,7-9H2,1H3. The molecule has 0 bridgehead atoms. The van der Waals surface area contributed by atoms with E-state index >= 15 is 0 Å². The van der Waals surface area contributed by atoms with Crippen LogP contribution in [0, 0.1) is 5.92 Å². The van der Waals surface area contributed by atoms with Crippen LogP contribution in [-0.2, 0) is 25.5 Å². The minimum Gasteiger partial charge on any atom is -0.468 e. The minimum atomic E-state index is -0.829. The van der Waals surface area contributed by atoms with E-state index in [0.717, 1.165) is 5.56 Å². The van der Waals surface area contributed by atoms with Crippen LogP contribution in [-0.4, -0.2) is 42.8 Å². The minimum absolute atomic E-state index is 0.00850. The third kappa shape index (κ3) is 2.99. The molecule has 2 rings (SSSR count). The van der Waals surface area contributed by atoms with E-state index in [0.29, 0.717) is 0 Å². The Kier molecular flexibility index (Phi) is 3.94. The Morgan fingerprint density at radius 3 is 2.63 bits per heavy atom. The molecule has 19 heavy (non-hydrogen) atoms. The number of carbonyl (C=O) groups excluding carboxylic acids is 3. The third-order valence-electron chi connectivity index (χ3n) is 3.17. The van der Waals surface area contributed by atoms with Crippen molar-refractivity contribution in [1.82, 2.24) is 4.90 Å². The number of ketones is 1. The lowest BCUT2D eigenvalue weighted by molar-refractivity contribution is -0.147. The first-order valence-electron chi connectivity index (χ1n) is 6.04. The molecule has 1 aromatic carbocycles. The van der Waals surface area contributed by atoms with Gasteiger partial charge in [0.25, 0.3) is 0 Å². The lowest BCUT2D eigenvalue weighted by atomic mass is 10.1. The number of carbonyl (C=O) groups is 3. The van der Waals surface area contributed by atoms with Gasteiger partial charge >= 0.3 is 5.97 Å². The highest BCUT2D eigenvalue weighted by Gasteiger charge is 2.38. The number of esters is 1. The van der Waals surface area contributed by atoms with Gasteiger partial charge in [-0.3, -0.25) is 14.4 Å². The van der Waals surface area contributed by atoms with Gasteiger partial charge in [-0.1, -0.05) is 30.3 Å². The molecular weight excluding hydrogens is 246 g/mol. The zero-order valence-electron chi connectivity index (χ0n) is 10.7. The summed E-state index contributed by atoms with van der Waals surface area (Å²) in [7, 11) is 1.24. The molecule has 0 aliphatic carbocycles. The first-order chi connectivity index (χ1) is 9.11. The van der Waals surface area contributed by atoms with Crippen LogP contribution >= 0.6 is 0 Å². The van der Waals surface area contributed by atoms with Crippen molar-refractivity contribution in [2.75, 3.05) is 20.2 Å². The SMILES string of the molecule is COC(=O)C1CN(C(=O)Cc2ccccc2)CC1=O. The van der Waals surface area contributed by atoms with Crippen molar-refractivity contribution in [3.8, 4) is 0 Å². The van der Waals surface area contributed by atoms with E-state index in [4.69, 9.17) is 0 Å². The van der Waals surface area contributed by atoms with Crippen LogP contribution in [0.1, 0.15) is 5.56 Å². The van der Waals surface area contributed by atoms with Gasteiger partial charge in [0.1, 0.15) is 5.92 Å². The van der Waals surface area contributed by atoms with Crippen LogP contribution in [0.15, 0.2) is 30.3 Å². The van der Waals surface area contributed by atoms with Gasteiger partial charge in [0.2, 0.25) is 5.91 Å². The fourth-order valence-electron chi connectivity index (χ4n) is 2.11. The molecule has 1 unspecified atom stereocenters. The topological polar surface area (TPSA) is 63.7 Å². The normalized spacial score (nSPS) is 18.5. The largest absolute Gasteiger partial charge is 0.468 e. The van der Waals surface area contributed by atoms with Crippen LogP contribution < -0.4 is 0 Å². The molecule has 5 nitrogen and oxygen atoms in total. The second kappa shape index (κ2) is 5.65. The Bertz CT molecular complexity index is 497. The lowest BCUT2D eigenvalue weighted by Gasteiger charge is -2.14. The Hall–Kier alpha value is -2.17. The molecule has 0 aromatic heterocycles. The van der Waals surface area contributed by atoms with Crippen LogP contribution in [0.5, 0.6) is 0 Å². The lowest BCUT2D eigenvalue weighted by Crippen LogP contribution is -2.31. The Balaban J connectivity index is 1.98. The van der Waals surface area contributed by atoms with Gasteiger partial charge in [-0.25, -0.2) is 0 Å². The smallest absolute Gasteiger partial charge is 0.318 e. The van der Waals surface area contributed by atoms with Gasteiger partial charge in [-0.05, 0) is 5.56 Å². The number of likely N-dealkylation sites (tertiary alicyclic amines) is 1. The summed E-state index contributed by atoms with van der Waals surface area (Å²) in [5, 5.41) is 0. The molecule has 1 aliphatic heterocycles. The van der Waals surface area contributed by atoms with Crippen LogP contribution in [0.4, 0.5) is 0 Å². The van der Waals surface area contributed by atoms with Crippen LogP contribution in [0.2, 0.25) is 0 Å². The number of benzene rings is 1. The second-order valence-electron chi connectivity index (χ2n) is 4.48. The van der Waals surface area contributed by atoms with E-state index in [2.05, 4.69) is 4.74 Å². The molecule has 0 N–H and O–H groups in total. The van der Waals surface area contributed by atoms with Crippen molar-refractivity contribution in [1.29, 1.82) is 0 Å². The Morgan fingerprint density at radius 1 is 1.32 bits per heavy atom. The molecule has 1 atom stereocenters. The van der Waals surface area contributed by atoms with E-state index in [1.807, 2.05) is 30.3 Å². The number of hydrogen-bond acceptors (Lipinski definition) is 4. The maximum atomic E-state index is 12.0.